The number of hydrogen-bond donors (Lipinski definition) is 1. The first kappa shape index (κ1) is 13.1. The second-order valence-electron chi connectivity index (χ2n) is 4.12. The molecule has 96 valence electrons. The molecule has 18 heavy (non-hydrogen) atoms. The molecule has 2 nitrogen and oxygen atoms in total. The van der Waals surface area contributed by atoms with Gasteiger partial charge >= 0.3 is 0 Å². The zero-order valence-electron chi connectivity index (χ0n) is 10.5. The Labute approximate surface area is 113 Å². The molecular formula is C15H19NOS. The first-order valence-electron chi connectivity index (χ1n) is 6.36. The number of rotatable bonds is 8. The molecular weight excluding hydrogens is 242 g/mol. The minimum Gasteiger partial charge on any atom is -0.494 e. The number of benzene rings is 1. The van der Waals surface area contributed by atoms with Crippen molar-refractivity contribution in [3.8, 4) is 5.75 Å². The van der Waals surface area contributed by atoms with Crippen LogP contribution in [0.4, 0.5) is 0 Å². The molecule has 1 aromatic carbocycles. The number of ether oxygens (including phenoxy) is 1. The predicted molar refractivity (Wildman–Crippen MR) is 77.2 cm³/mol. The highest BCUT2D eigenvalue weighted by Crippen LogP contribution is 2.09. The molecule has 1 heterocycles. The predicted octanol–water partition coefficient (Wildman–Crippen LogP) is 3.70. The van der Waals surface area contributed by atoms with E-state index in [2.05, 4.69) is 22.8 Å². The van der Waals surface area contributed by atoms with E-state index in [1.807, 2.05) is 30.3 Å². The molecule has 1 aromatic heterocycles. The molecule has 0 spiro atoms. The minimum atomic E-state index is 0.796. The molecule has 0 atom stereocenters. The van der Waals surface area contributed by atoms with Gasteiger partial charge in [-0.1, -0.05) is 24.3 Å². The van der Waals surface area contributed by atoms with Gasteiger partial charge in [0.25, 0.3) is 0 Å². The summed E-state index contributed by atoms with van der Waals surface area (Å²) in [5.74, 6) is 0.962. The van der Waals surface area contributed by atoms with Crippen LogP contribution < -0.4 is 10.1 Å². The van der Waals surface area contributed by atoms with Gasteiger partial charge in [-0.25, -0.2) is 0 Å². The molecule has 0 aliphatic rings. The summed E-state index contributed by atoms with van der Waals surface area (Å²) < 4.78 is 5.63. The standard InChI is InChI=1S/C15H19NOS/c1-2-7-14(8-3-1)17-11-5-4-10-16-13-15-9-6-12-18-15/h1-3,6-9,12,16H,4-5,10-11,13H2. The summed E-state index contributed by atoms with van der Waals surface area (Å²) in [6, 6.07) is 14.2. The maximum Gasteiger partial charge on any atom is 0.119 e. The maximum atomic E-state index is 5.63. The van der Waals surface area contributed by atoms with E-state index in [9.17, 15) is 0 Å². The van der Waals surface area contributed by atoms with Gasteiger partial charge in [0.15, 0.2) is 0 Å². The van der Waals surface area contributed by atoms with Crippen molar-refractivity contribution in [1.82, 2.24) is 5.32 Å². The van der Waals surface area contributed by atoms with Gasteiger partial charge in [-0.3, -0.25) is 0 Å². The highest BCUT2D eigenvalue weighted by atomic mass is 32.1. The smallest absolute Gasteiger partial charge is 0.119 e. The molecule has 2 rings (SSSR count). The monoisotopic (exact) mass is 261 g/mol. The van der Waals surface area contributed by atoms with Crippen molar-refractivity contribution in [2.24, 2.45) is 0 Å². The Morgan fingerprint density at radius 2 is 1.89 bits per heavy atom. The summed E-state index contributed by atoms with van der Waals surface area (Å²) in [4.78, 5) is 1.40. The number of thiophene rings is 1. The summed E-state index contributed by atoms with van der Waals surface area (Å²) >= 11 is 1.80. The maximum absolute atomic E-state index is 5.63. The molecule has 0 bridgehead atoms. The SMILES string of the molecule is c1ccc(OCCCCNCc2cccs2)cc1. The number of unbranched alkanes of at least 4 members (excludes halogenated alkanes) is 1. The van der Waals surface area contributed by atoms with Crippen LogP contribution in [0.25, 0.3) is 0 Å². The average molecular weight is 261 g/mol. The van der Waals surface area contributed by atoms with Gasteiger partial charge in [0, 0.05) is 11.4 Å². The van der Waals surface area contributed by atoms with Gasteiger partial charge in [-0.15, -0.1) is 11.3 Å². The zero-order valence-corrected chi connectivity index (χ0v) is 11.3. The lowest BCUT2D eigenvalue weighted by molar-refractivity contribution is 0.306. The van der Waals surface area contributed by atoms with E-state index < -0.39 is 0 Å². The summed E-state index contributed by atoms with van der Waals surface area (Å²) in [5.41, 5.74) is 0. The van der Waals surface area contributed by atoms with Crippen molar-refractivity contribution >= 4 is 11.3 Å². The summed E-state index contributed by atoms with van der Waals surface area (Å²) in [7, 11) is 0. The van der Waals surface area contributed by atoms with Crippen molar-refractivity contribution in [2.45, 2.75) is 19.4 Å². The number of para-hydroxylation sites is 1. The molecule has 0 aliphatic heterocycles. The quantitative estimate of drug-likeness (QED) is 0.732. The van der Waals surface area contributed by atoms with Crippen molar-refractivity contribution in [3.05, 3.63) is 52.7 Å². The molecule has 2 aromatic rings. The van der Waals surface area contributed by atoms with Gasteiger partial charge in [-0.05, 0) is 43.0 Å². The highest BCUT2D eigenvalue weighted by Gasteiger charge is 1.94. The first-order valence-corrected chi connectivity index (χ1v) is 7.24. The third-order valence-corrected chi connectivity index (χ3v) is 3.52. The zero-order chi connectivity index (χ0) is 12.5. The van der Waals surface area contributed by atoms with Crippen LogP contribution in [-0.2, 0) is 6.54 Å². The van der Waals surface area contributed by atoms with E-state index in [1.165, 1.54) is 4.88 Å². The summed E-state index contributed by atoms with van der Waals surface area (Å²) in [6.45, 7) is 2.83. The van der Waals surface area contributed by atoms with E-state index in [0.717, 1.165) is 38.3 Å². The molecule has 0 unspecified atom stereocenters. The Bertz CT molecular complexity index is 413. The lowest BCUT2D eigenvalue weighted by atomic mass is 10.3. The van der Waals surface area contributed by atoms with Gasteiger partial charge < -0.3 is 10.1 Å². The lowest BCUT2D eigenvalue weighted by Crippen LogP contribution is -2.14. The third kappa shape index (κ3) is 4.90. The van der Waals surface area contributed by atoms with Crippen LogP contribution in [0.3, 0.4) is 0 Å². The second-order valence-corrected chi connectivity index (χ2v) is 5.16. The Kier molecular flexibility index (Phi) is 5.76. The van der Waals surface area contributed by atoms with Gasteiger partial charge in [-0.2, -0.15) is 0 Å². The Balaban J connectivity index is 1.47. The van der Waals surface area contributed by atoms with Gasteiger partial charge in [0.1, 0.15) is 5.75 Å². The number of hydrogen-bond acceptors (Lipinski definition) is 3. The van der Waals surface area contributed by atoms with Crippen LogP contribution in [0.5, 0.6) is 5.75 Å². The van der Waals surface area contributed by atoms with E-state index in [4.69, 9.17) is 4.74 Å². The van der Waals surface area contributed by atoms with Gasteiger partial charge in [0.05, 0.1) is 6.61 Å². The fraction of sp³-hybridized carbons (Fsp3) is 0.333. The molecule has 0 aliphatic carbocycles. The summed E-state index contributed by atoms with van der Waals surface area (Å²) in [6.07, 6.45) is 2.24. The largest absolute Gasteiger partial charge is 0.494 e. The fourth-order valence-corrected chi connectivity index (χ4v) is 2.36. The lowest BCUT2D eigenvalue weighted by Gasteiger charge is -2.06. The van der Waals surface area contributed by atoms with E-state index >= 15 is 0 Å². The van der Waals surface area contributed by atoms with Crippen LogP contribution in [0.1, 0.15) is 17.7 Å². The van der Waals surface area contributed by atoms with Crippen LogP contribution >= 0.6 is 11.3 Å². The summed E-state index contributed by atoms with van der Waals surface area (Å²) in [5, 5.41) is 5.56. The Hall–Kier alpha value is -1.32. The fourth-order valence-electron chi connectivity index (χ4n) is 1.68. The van der Waals surface area contributed by atoms with Crippen LogP contribution in [0.15, 0.2) is 47.8 Å². The van der Waals surface area contributed by atoms with Crippen molar-refractivity contribution < 1.29 is 4.74 Å². The first-order chi connectivity index (χ1) is 8.95. The second kappa shape index (κ2) is 7.90. The molecule has 0 saturated heterocycles. The van der Waals surface area contributed by atoms with Crippen molar-refractivity contribution in [2.75, 3.05) is 13.2 Å². The van der Waals surface area contributed by atoms with Crippen LogP contribution in [-0.4, -0.2) is 13.2 Å². The van der Waals surface area contributed by atoms with Crippen LogP contribution in [0, 0.1) is 0 Å². The van der Waals surface area contributed by atoms with Crippen molar-refractivity contribution in [1.29, 1.82) is 0 Å². The van der Waals surface area contributed by atoms with Gasteiger partial charge in [0.2, 0.25) is 0 Å². The van der Waals surface area contributed by atoms with E-state index in [-0.39, 0.29) is 0 Å². The molecule has 1 N–H and O–H groups in total. The molecule has 0 fully saturated rings. The Morgan fingerprint density at radius 3 is 2.67 bits per heavy atom. The van der Waals surface area contributed by atoms with Crippen molar-refractivity contribution in [3.63, 3.8) is 0 Å². The number of nitrogens with one attached hydrogen (secondary N) is 1. The molecule has 0 amide bonds. The van der Waals surface area contributed by atoms with E-state index in [1.54, 1.807) is 11.3 Å². The molecule has 0 radical (unpaired) electrons. The normalized spacial score (nSPS) is 10.4. The van der Waals surface area contributed by atoms with Crippen LogP contribution in [0.2, 0.25) is 0 Å². The minimum absolute atomic E-state index is 0.796. The topological polar surface area (TPSA) is 21.3 Å². The Morgan fingerprint density at radius 1 is 1.00 bits per heavy atom. The third-order valence-electron chi connectivity index (χ3n) is 2.64. The highest BCUT2D eigenvalue weighted by molar-refractivity contribution is 7.09. The average Bonchev–Trinajstić information content (AvgIpc) is 2.92. The molecule has 3 heteroatoms. The molecule has 0 saturated carbocycles. The van der Waals surface area contributed by atoms with E-state index in [0.29, 0.717) is 0 Å².